The van der Waals surface area contributed by atoms with Crippen molar-refractivity contribution in [3.8, 4) is 16.9 Å². The number of halogens is 1. The van der Waals surface area contributed by atoms with Crippen LogP contribution < -0.4 is 10.5 Å². The number of aromatic nitrogens is 3. The van der Waals surface area contributed by atoms with Crippen LogP contribution >= 0.6 is 0 Å². The van der Waals surface area contributed by atoms with Gasteiger partial charge in [0.15, 0.2) is 5.58 Å². The van der Waals surface area contributed by atoms with E-state index in [-0.39, 0.29) is 11.3 Å². The summed E-state index contributed by atoms with van der Waals surface area (Å²) in [6.07, 6.45) is 0. The van der Waals surface area contributed by atoms with Crippen LogP contribution in [-0.4, -0.2) is 26.9 Å². The van der Waals surface area contributed by atoms with E-state index in [2.05, 4.69) is 10.1 Å². The number of nitrogens with zero attached hydrogens (tertiary/aromatic N) is 3. The van der Waals surface area contributed by atoms with E-state index in [9.17, 15) is 14.3 Å². The van der Waals surface area contributed by atoms with Gasteiger partial charge >= 0.3 is 5.76 Å². The lowest BCUT2D eigenvalue weighted by molar-refractivity contribution is 0.277. The van der Waals surface area contributed by atoms with E-state index < -0.39 is 24.2 Å². The summed E-state index contributed by atoms with van der Waals surface area (Å²) in [6, 6.07) is 7.67. The molecule has 0 radical (unpaired) electrons. The van der Waals surface area contributed by atoms with Crippen LogP contribution in [0.3, 0.4) is 0 Å². The Morgan fingerprint density at radius 1 is 1.23 bits per heavy atom. The van der Waals surface area contributed by atoms with Crippen LogP contribution in [0.2, 0.25) is 0 Å². The van der Waals surface area contributed by atoms with Crippen LogP contribution in [0.15, 0.2) is 44.1 Å². The first-order chi connectivity index (χ1) is 16.8. The molecule has 0 amide bonds. The van der Waals surface area contributed by atoms with Gasteiger partial charge in [-0.1, -0.05) is 17.3 Å². The number of methoxy groups -OCH3 is 1. The van der Waals surface area contributed by atoms with Gasteiger partial charge in [0.2, 0.25) is 0 Å². The Labute approximate surface area is 199 Å². The van der Waals surface area contributed by atoms with Gasteiger partial charge in [-0.25, -0.2) is 14.2 Å². The number of fused-ring (bicyclic) bond motifs is 3. The number of pyridine rings is 1. The highest BCUT2D eigenvalue weighted by Gasteiger charge is 2.26. The van der Waals surface area contributed by atoms with Crippen molar-refractivity contribution in [1.29, 1.82) is 0 Å². The van der Waals surface area contributed by atoms with Gasteiger partial charge in [0.1, 0.15) is 28.5 Å². The number of ether oxygens (including phenoxy) is 1. The molecule has 0 fully saturated rings. The third kappa shape index (κ3) is 3.42. The topological polar surface area (TPSA) is 104 Å². The van der Waals surface area contributed by atoms with Crippen molar-refractivity contribution in [3.05, 3.63) is 75.0 Å². The molecular formula is C26H24FN3O5. The number of aliphatic hydroxyl groups is 1. The van der Waals surface area contributed by atoms with E-state index in [1.807, 2.05) is 6.92 Å². The van der Waals surface area contributed by atoms with Crippen molar-refractivity contribution < 1.29 is 23.2 Å². The summed E-state index contributed by atoms with van der Waals surface area (Å²) in [5.74, 6) is 0.0415. The van der Waals surface area contributed by atoms with Gasteiger partial charge in [-0.2, -0.15) is 0 Å². The summed E-state index contributed by atoms with van der Waals surface area (Å²) in [5, 5.41) is 14.6. The molecule has 3 heterocycles. The third-order valence-electron chi connectivity index (χ3n) is 6.46. The fourth-order valence-corrected chi connectivity index (χ4v) is 4.87. The summed E-state index contributed by atoms with van der Waals surface area (Å²) in [7, 11) is 1.54. The van der Waals surface area contributed by atoms with Gasteiger partial charge < -0.3 is 18.8 Å². The zero-order valence-corrected chi connectivity index (χ0v) is 20.0. The summed E-state index contributed by atoms with van der Waals surface area (Å²) in [6.45, 7) is 6.72. The zero-order chi connectivity index (χ0) is 25.0. The average Bonchev–Trinajstić information content (AvgIpc) is 3.35. The van der Waals surface area contributed by atoms with Gasteiger partial charge in [0.05, 0.1) is 36.5 Å². The van der Waals surface area contributed by atoms with E-state index in [0.29, 0.717) is 50.3 Å². The SMILES string of the molecule is COc1cc2c(cc1-c1c(C)noc1C)nc(CO)c1oc(=O)n([C@H](C)c3c(C)cccc3F)c12. The Morgan fingerprint density at radius 3 is 2.63 bits per heavy atom. The Balaban J connectivity index is 1.89. The van der Waals surface area contributed by atoms with Gasteiger partial charge in [-0.05, 0) is 51.5 Å². The summed E-state index contributed by atoms with van der Waals surface area (Å²) < 4.78 is 32.9. The molecule has 0 unspecified atom stereocenters. The van der Waals surface area contributed by atoms with E-state index >= 15 is 0 Å². The van der Waals surface area contributed by atoms with Crippen molar-refractivity contribution in [1.82, 2.24) is 14.7 Å². The highest BCUT2D eigenvalue weighted by Crippen LogP contribution is 2.40. The normalized spacial score (nSPS) is 12.5. The maximum Gasteiger partial charge on any atom is 0.420 e. The number of hydrogen-bond acceptors (Lipinski definition) is 7. The second kappa shape index (κ2) is 8.35. The Bertz CT molecular complexity index is 1620. The molecular weight excluding hydrogens is 453 g/mol. The van der Waals surface area contributed by atoms with Crippen molar-refractivity contribution in [3.63, 3.8) is 0 Å². The number of aliphatic hydroxyl groups excluding tert-OH is 1. The molecule has 0 bridgehead atoms. The minimum Gasteiger partial charge on any atom is -0.496 e. The second-order valence-electron chi connectivity index (χ2n) is 8.55. The quantitative estimate of drug-likeness (QED) is 0.381. The summed E-state index contributed by atoms with van der Waals surface area (Å²) >= 11 is 0. The smallest absolute Gasteiger partial charge is 0.420 e. The molecule has 9 heteroatoms. The van der Waals surface area contributed by atoms with E-state index in [0.717, 1.165) is 5.56 Å². The molecule has 5 rings (SSSR count). The number of aryl methyl sites for hydroxylation is 3. The fraction of sp³-hybridized carbons (Fsp3) is 0.269. The Morgan fingerprint density at radius 2 is 2.00 bits per heavy atom. The molecule has 0 spiro atoms. The van der Waals surface area contributed by atoms with Crippen molar-refractivity contribution in [2.75, 3.05) is 7.11 Å². The van der Waals surface area contributed by atoms with Crippen LogP contribution in [0, 0.1) is 26.6 Å². The molecule has 0 aliphatic rings. The Kier molecular flexibility index (Phi) is 5.44. The molecule has 0 aliphatic carbocycles. The lowest BCUT2D eigenvalue weighted by Crippen LogP contribution is -2.21. The molecule has 2 aromatic carbocycles. The summed E-state index contributed by atoms with van der Waals surface area (Å²) in [4.78, 5) is 17.7. The van der Waals surface area contributed by atoms with E-state index in [1.165, 1.54) is 10.6 Å². The predicted octanol–water partition coefficient (Wildman–Crippen LogP) is 4.97. The highest BCUT2D eigenvalue weighted by atomic mass is 19.1. The van der Waals surface area contributed by atoms with Gasteiger partial charge in [-0.15, -0.1) is 0 Å². The van der Waals surface area contributed by atoms with Gasteiger partial charge in [0, 0.05) is 16.5 Å². The molecule has 3 aromatic heterocycles. The number of oxazole rings is 1. The molecule has 180 valence electrons. The minimum atomic E-state index is -0.685. The molecule has 0 aliphatic heterocycles. The highest BCUT2D eigenvalue weighted by molar-refractivity contribution is 6.05. The van der Waals surface area contributed by atoms with Crippen molar-refractivity contribution in [2.45, 2.75) is 40.3 Å². The molecule has 8 nitrogen and oxygen atoms in total. The van der Waals surface area contributed by atoms with Gasteiger partial charge in [0.25, 0.3) is 0 Å². The van der Waals surface area contributed by atoms with E-state index in [4.69, 9.17) is 13.7 Å². The lowest BCUT2D eigenvalue weighted by Gasteiger charge is -2.18. The Hall–Kier alpha value is -3.98. The van der Waals surface area contributed by atoms with E-state index in [1.54, 1.807) is 52.1 Å². The maximum absolute atomic E-state index is 14.9. The van der Waals surface area contributed by atoms with Crippen LogP contribution in [0.4, 0.5) is 4.39 Å². The number of hydrogen-bond donors (Lipinski definition) is 1. The fourth-order valence-electron chi connectivity index (χ4n) is 4.87. The zero-order valence-electron chi connectivity index (χ0n) is 20.0. The molecule has 0 saturated carbocycles. The van der Waals surface area contributed by atoms with Crippen LogP contribution in [0.5, 0.6) is 5.75 Å². The molecule has 5 aromatic rings. The first-order valence-electron chi connectivity index (χ1n) is 11.1. The average molecular weight is 477 g/mol. The minimum absolute atomic E-state index is 0.151. The maximum atomic E-state index is 14.9. The predicted molar refractivity (Wildman–Crippen MR) is 128 cm³/mol. The molecule has 0 saturated heterocycles. The number of rotatable bonds is 5. The largest absolute Gasteiger partial charge is 0.496 e. The van der Waals surface area contributed by atoms with Crippen LogP contribution in [-0.2, 0) is 6.61 Å². The van der Waals surface area contributed by atoms with Crippen LogP contribution in [0.1, 0.15) is 41.2 Å². The second-order valence-corrected chi connectivity index (χ2v) is 8.55. The third-order valence-corrected chi connectivity index (χ3v) is 6.46. The first-order valence-corrected chi connectivity index (χ1v) is 11.1. The lowest BCUT2D eigenvalue weighted by atomic mass is 9.99. The molecule has 1 N–H and O–H groups in total. The van der Waals surface area contributed by atoms with Gasteiger partial charge in [-0.3, -0.25) is 4.57 Å². The number of benzene rings is 2. The standard InChI is InChI=1S/C26H24FN3O5/c1-12-7-6-8-18(27)22(12)14(3)30-24-16-10-21(33-5)17(23-13(2)29-35-15(23)4)9-19(16)28-20(11-31)25(24)34-26(30)32/h6-10,14,31H,11H2,1-5H3/t14-/m1/s1. The van der Waals surface area contributed by atoms with Crippen LogP contribution in [0.25, 0.3) is 33.1 Å². The van der Waals surface area contributed by atoms with Crippen molar-refractivity contribution >= 4 is 22.0 Å². The van der Waals surface area contributed by atoms with Crippen molar-refractivity contribution in [2.24, 2.45) is 0 Å². The molecule has 35 heavy (non-hydrogen) atoms. The monoisotopic (exact) mass is 477 g/mol. The first kappa shape index (κ1) is 22.8. The summed E-state index contributed by atoms with van der Waals surface area (Å²) in [5.41, 5.74) is 4.52. The molecule has 1 atom stereocenters.